The molecular weight excluding hydrogens is 546 g/mol. The Labute approximate surface area is 214 Å². The normalized spacial score (nSPS) is 11.0. The summed E-state index contributed by atoms with van der Waals surface area (Å²) in [5, 5.41) is 13.1. The monoisotopic (exact) mass is 562 g/mol. The Hall–Kier alpha value is -3.05. The lowest BCUT2D eigenvalue weighted by Gasteiger charge is -2.15. The van der Waals surface area contributed by atoms with E-state index in [0.29, 0.717) is 43.9 Å². The van der Waals surface area contributed by atoms with Gasteiger partial charge in [-0.25, -0.2) is 4.39 Å². The summed E-state index contributed by atoms with van der Waals surface area (Å²) < 4.78 is 25.3. The number of ether oxygens (including phenoxy) is 2. The topological polar surface area (TPSA) is 71.3 Å². The Morgan fingerprint density at radius 3 is 2.47 bits per heavy atom. The van der Waals surface area contributed by atoms with Crippen LogP contribution in [-0.2, 0) is 11.4 Å². The molecule has 0 aromatic heterocycles. The SMILES string of the molecule is CCOc1cc(/C=C(\C#N)C(=O)Nc2ccc(F)cc2)c(Br)cc1OCc1ccc(Cl)cc1Cl. The molecule has 0 aliphatic carbocycles. The molecule has 9 heteroatoms. The zero-order valence-corrected chi connectivity index (χ0v) is 21.0. The van der Waals surface area contributed by atoms with Crippen LogP contribution in [0.25, 0.3) is 6.08 Å². The molecule has 1 amide bonds. The molecular formula is C25H18BrCl2FN2O3. The molecule has 0 heterocycles. The standard InChI is InChI=1S/C25H18BrCl2FN2O3/c1-2-33-23-10-16(9-17(13-30)25(32)31-20-7-5-19(29)6-8-20)21(26)12-24(23)34-14-15-3-4-18(27)11-22(15)28/h3-12H,2,14H2,1H3,(H,31,32)/b17-9+. The van der Waals surface area contributed by atoms with E-state index in [4.69, 9.17) is 32.7 Å². The lowest BCUT2D eigenvalue weighted by molar-refractivity contribution is -0.112. The maximum absolute atomic E-state index is 13.1. The van der Waals surface area contributed by atoms with Crippen molar-refractivity contribution in [2.24, 2.45) is 0 Å². The third kappa shape index (κ3) is 6.73. The van der Waals surface area contributed by atoms with Crippen molar-refractivity contribution in [3.8, 4) is 17.6 Å². The summed E-state index contributed by atoms with van der Waals surface area (Å²) in [6, 6.07) is 15.6. The van der Waals surface area contributed by atoms with Crippen molar-refractivity contribution in [1.29, 1.82) is 5.26 Å². The van der Waals surface area contributed by atoms with Gasteiger partial charge in [0.25, 0.3) is 5.91 Å². The zero-order valence-electron chi connectivity index (χ0n) is 17.9. The van der Waals surface area contributed by atoms with Crippen LogP contribution in [-0.4, -0.2) is 12.5 Å². The van der Waals surface area contributed by atoms with Crippen LogP contribution in [0.15, 0.2) is 64.6 Å². The van der Waals surface area contributed by atoms with E-state index >= 15 is 0 Å². The number of carbonyl (C=O) groups excluding carboxylic acids is 1. The Morgan fingerprint density at radius 2 is 1.82 bits per heavy atom. The molecule has 1 N–H and O–H groups in total. The summed E-state index contributed by atoms with van der Waals surface area (Å²) in [5.74, 6) is -0.178. The molecule has 0 saturated carbocycles. The number of rotatable bonds is 8. The van der Waals surface area contributed by atoms with Gasteiger partial charge in [-0.05, 0) is 67.1 Å². The minimum Gasteiger partial charge on any atom is -0.490 e. The highest BCUT2D eigenvalue weighted by Crippen LogP contribution is 2.36. The highest BCUT2D eigenvalue weighted by atomic mass is 79.9. The lowest BCUT2D eigenvalue weighted by atomic mass is 10.1. The number of hydrogen-bond acceptors (Lipinski definition) is 4. The lowest BCUT2D eigenvalue weighted by Crippen LogP contribution is -2.13. The van der Waals surface area contributed by atoms with E-state index in [9.17, 15) is 14.4 Å². The molecule has 0 spiro atoms. The molecule has 0 bridgehead atoms. The van der Waals surface area contributed by atoms with Crippen molar-refractivity contribution in [3.63, 3.8) is 0 Å². The highest BCUT2D eigenvalue weighted by Gasteiger charge is 2.15. The Balaban J connectivity index is 1.85. The fourth-order valence-corrected chi connectivity index (χ4v) is 3.77. The first-order valence-electron chi connectivity index (χ1n) is 10.0. The number of benzene rings is 3. The number of carbonyl (C=O) groups is 1. The van der Waals surface area contributed by atoms with E-state index in [1.54, 1.807) is 30.3 Å². The minimum absolute atomic E-state index is 0.144. The van der Waals surface area contributed by atoms with Crippen LogP contribution in [0.4, 0.5) is 10.1 Å². The van der Waals surface area contributed by atoms with E-state index in [-0.39, 0.29) is 12.2 Å². The summed E-state index contributed by atoms with van der Waals surface area (Å²) in [5.41, 5.74) is 1.50. The molecule has 34 heavy (non-hydrogen) atoms. The van der Waals surface area contributed by atoms with Gasteiger partial charge in [-0.3, -0.25) is 4.79 Å². The predicted octanol–water partition coefficient (Wildman–Crippen LogP) is 7.42. The number of amides is 1. The molecule has 0 aliphatic rings. The molecule has 5 nitrogen and oxygen atoms in total. The molecule has 174 valence electrons. The second-order valence-electron chi connectivity index (χ2n) is 6.91. The predicted molar refractivity (Wildman–Crippen MR) is 135 cm³/mol. The first-order valence-corrected chi connectivity index (χ1v) is 11.6. The van der Waals surface area contributed by atoms with Crippen molar-refractivity contribution >= 4 is 56.8 Å². The number of nitriles is 1. The van der Waals surface area contributed by atoms with Gasteiger partial charge in [-0.1, -0.05) is 45.2 Å². The average molecular weight is 564 g/mol. The van der Waals surface area contributed by atoms with Gasteiger partial charge in [-0.2, -0.15) is 5.26 Å². The summed E-state index contributed by atoms with van der Waals surface area (Å²) in [4.78, 5) is 12.5. The first-order chi connectivity index (χ1) is 16.3. The van der Waals surface area contributed by atoms with E-state index in [1.807, 2.05) is 13.0 Å². The van der Waals surface area contributed by atoms with E-state index in [0.717, 1.165) is 5.56 Å². The summed E-state index contributed by atoms with van der Waals surface area (Å²) in [6.07, 6.45) is 1.42. The van der Waals surface area contributed by atoms with E-state index in [2.05, 4.69) is 21.2 Å². The van der Waals surface area contributed by atoms with Crippen LogP contribution in [0.3, 0.4) is 0 Å². The molecule has 0 fully saturated rings. The largest absolute Gasteiger partial charge is 0.490 e. The maximum Gasteiger partial charge on any atom is 0.266 e. The van der Waals surface area contributed by atoms with Gasteiger partial charge in [-0.15, -0.1) is 0 Å². The fraction of sp³-hybridized carbons (Fsp3) is 0.120. The molecule has 0 aliphatic heterocycles. The Bertz CT molecular complexity index is 1270. The van der Waals surface area contributed by atoms with Crippen LogP contribution in [0.5, 0.6) is 11.5 Å². The van der Waals surface area contributed by atoms with Gasteiger partial charge in [0.2, 0.25) is 0 Å². The summed E-state index contributed by atoms with van der Waals surface area (Å²) in [7, 11) is 0. The highest BCUT2D eigenvalue weighted by molar-refractivity contribution is 9.10. The second kappa shape index (κ2) is 11.9. The smallest absolute Gasteiger partial charge is 0.266 e. The van der Waals surface area contributed by atoms with Gasteiger partial charge in [0, 0.05) is 25.8 Å². The average Bonchev–Trinajstić information content (AvgIpc) is 2.80. The number of anilines is 1. The summed E-state index contributed by atoms with van der Waals surface area (Å²) in [6.45, 7) is 2.38. The second-order valence-corrected chi connectivity index (χ2v) is 8.61. The zero-order chi connectivity index (χ0) is 24.7. The fourth-order valence-electron chi connectivity index (χ4n) is 2.87. The number of nitrogens with zero attached hydrogens (tertiary/aromatic N) is 1. The number of hydrogen-bond donors (Lipinski definition) is 1. The van der Waals surface area contributed by atoms with Crippen LogP contribution in [0.2, 0.25) is 10.0 Å². The minimum atomic E-state index is -0.628. The Morgan fingerprint density at radius 1 is 1.12 bits per heavy atom. The molecule has 0 unspecified atom stereocenters. The van der Waals surface area contributed by atoms with Gasteiger partial charge >= 0.3 is 0 Å². The maximum atomic E-state index is 13.1. The first kappa shape index (κ1) is 25.6. The van der Waals surface area contributed by atoms with Crippen LogP contribution >= 0.6 is 39.1 Å². The van der Waals surface area contributed by atoms with Crippen LogP contribution < -0.4 is 14.8 Å². The molecule has 0 saturated heterocycles. The molecule has 0 atom stereocenters. The molecule has 0 radical (unpaired) electrons. The number of nitrogens with one attached hydrogen (secondary N) is 1. The molecule has 3 rings (SSSR count). The summed E-state index contributed by atoms with van der Waals surface area (Å²) >= 11 is 15.6. The van der Waals surface area contributed by atoms with Crippen molar-refractivity contribution in [3.05, 3.63) is 91.6 Å². The van der Waals surface area contributed by atoms with Gasteiger partial charge in [0.05, 0.1) is 6.61 Å². The quantitative estimate of drug-likeness (QED) is 0.229. The van der Waals surface area contributed by atoms with E-state index < -0.39 is 11.7 Å². The van der Waals surface area contributed by atoms with Crippen molar-refractivity contribution in [2.45, 2.75) is 13.5 Å². The third-order valence-electron chi connectivity index (χ3n) is 4.53. The van der Waals surface area contributed by atoms with Crippen LogP contribution in [0, 0.1) is 17.1 Å². The van der Waals surface area contributed by atoms with Crippen LogP contribution in [0.1, 0.15) is 18.1 Å². The van der Waals surface area contributed by atoms with E-state index in [1.165, 1.54) is 30.3 Å². The number of halogens is 4. The van der Waals surface area contributed by atoms with Gasteiger partial charge in [0.15, 0.2) is 11.5 Å². The third-order valence-corrected chi connectivity index (χ3v) is 5.80. The van der Waals surface area contributed by atoms with Gasteiger partial charge in [0.1, 0.15) is 24.1 Å². The molecule has 3 aromatic rings. The van der Waals surface area contributed by atoms with Crippen molar-refractivity contribution in [1.82, 2.24) is 0 Å². The Kier molecular flexibility index (Phi) is 8.94. The van der Waals surface area contributed by atoms with Gasteiger partial charge < -0.3 is 14.8 Å². The van der Waals surface area contributed by atoms with Crippen molar-refractivity contribution < 1.29 is 18.7 Å². The van der Waals surface area contributed by atoms with Crippen molar-refractivity contribution in [2.75, 3.05) is 11.9 Å². The molecule has 3 aromatic carbocycles.